The average Bonchev–Trinajstić information content (AvgIpc) is 2.50. The number of aliphatic carboxylic acids is 2. The van der Waals surface area contributed by atoms with Crippen LogP contribution in [0.3, 0.4) is 0 Å². The summed E-state index contributed by atoms with van der Waals surface area (Å²) in [6.07, 6.45) is 2.51. The Morgan fingerprint density at radius 3 is 2.35 bits per heavy atom. The largest absolute Gasteiger partial charge is 0.481 e. The summed E-state index contributed by atoms with van der Waals surface area (Å²) >= 11 is 0. The third kappa shape index (κ3) is 2.75. The molecule has 0 amide bonds. The van der Waals surface area contributed by atoms with Crippen molar-refractivity contribution in [2.24, 2.45) is 0 Å². The van der Waals surface area contributed by atoms with E-state index in [-0.39, 0.29) is 0 Å². The molecule has 0 saturated carbocycles. The van der Waals surface area contributed by atoms with Crippen molar-refractivity contribution in [1.29, 1.82) is 0 Å². The lowest BCUT2D eigenvalue weighted by molar-refractivity contribution is -0.138. The van der Waals surface area contributed by atoms with E-state index in [1.54, 1.807) is 20.8 Å². The third-order valence-electron chi connectivity index (χ3n) is 2.73. The van der Waals surface area contributed by atoms with Crippen molar-refractivity contribution in [3.63, 3.8) is 0 Å². The third-order valence-corrected chi connectivity index (χ3v) is 2.73. The maximum absolute atomic E-state index is 10.9. The monoisotopic (exact) mass is 237 g/mol. The van der Waals surface area contributed by atoms with Crippen molar-refractivity contribution in [3.05, 3.63) is 28.6 Å². The molecule has 1 atom stereocenters. The number of carboxylic acid groups (broad SMARTS) is 2. The maximum atomic E-state index is 10.9. The zero-order valence-corrected chi connectivity index (χ0v) is 9.94. The molecule has 0 radical (unpaired) electrons. The molecule has 3 N–H and O–H groups in total. The number of nitrogens with one attached hydrogen (secondary N) is 1. The molecule has 0 aliphatic carbocycles. The molecule has 1 heterocycles. The van der Waals surface area contributed by atoms with E-state index in [1.807, 2.05) is 0 Å². The molecular weight excluding hydrogens is 222 g/mol. The molecule has 0 aliphatic heterocycles. The van der Waals surface area contributed by atoms with Gasteiger partial charge in [0, 0.05) is 17.5 Å². The van der Waals surface area contributed by atoms with Gasteiger partial charge < -0.3 is 15.2 Å². The number of carbonyl (C=O) groups is 2. The first-order valence-corrected chi connectivity index (χ1v) is 5.17. The topological polar surface area (TPSA) is 90.4 Å². The molecule has 92 valence electrons. The van der Waals surface area contributed by atoms with E-state index in [0.29, 0.717) is 5.69 Å². The molecule has 17 heavy (non-hydrogen) atoms. The lowest BCUT2D eigenvalue weighted by Gasteiger charge is -2.05. The highest BCUT2D eigenvalue weighted by Gasteiger charge is 2.20. The van der Waals surface area contributed by atoms with Gasteiger partial charge in [-0.15, -0.1) is 0 Å². The van der Waals surface area contributed by atoms with Crippen LogP contribution in [-0.4, -0.2) is 27.1 Å². The van der Waals surface area contributed by atoms with E-state index in [1.165, 1.54) is 6.08 Å². The number of hydrogen-bond donors (Lipinski definition) is 3. The Hall–Kier alpha value is -2.04. The summed E-state index contributed by atoms with van der Waals surface area (Å²) in [7, 11) is 0. The Kier molecular flexibility index (Phi) is 3.73. The van der Waals surface area contributed by atoms with Crippen LogP contribution in [0.25, 0.3) is 6.08 Å². The molecule has 0 aromatic carbocycles. The van der Waals surface area contributed by atoms with Crippen molar-refractivity contribution in [2.75, 3.05) is 0 Å². The van der Waals surface area contributed by atoms with Gasteiger partial charge in [-0.25, -0.2) is 4.79 Å². The number of rotatable bonds is 4. The summed E-state index contributed by atoms with van der Waals surface area (Å²) < 4.78 is 0. The van der Waals surface area contributed by atoms with Gasteiger partial charge in [0.25, 0.3) is 0 Å². The zero-order chi connectivity index (χ0) is 13.2. The second-order valence-corrected chi connectivity index (χ2v) is 3.93. The first-order valence-electron chi connectivity index (χ1n) is 5.17. The highest BCUT2D eigenvalue weighted by atomic mass is 16.4. The van der Waals surface area contributed by atoms with E-state index in [9.17, 15) is 9.59 Å². The van der Waals surface area contributed by atoms with Crippen LogP contribution >= 0.6 is 0 Å². The van der Waals surface area contributed by atoms with E-state index < -0.39 is 17.9 Å². The normalized spacial score (nSPS) is 12.9. The SMILES string of the molecule is Cc1[nH]c(C(C)C(=O)O)c(C)c1/C=C/C(=O)O. The van der Waals surface area contributed by atoms with Crippen molar-refractivity contribution in [1.82, 2.24) is 4.98 Å². The molecule has 0 fully saturated rings. The van der Waals surface area contributed by atoms with E-state index >= 15 is 0 Å². The van der Waals surface area contributed by atoms with Crippen molar-refractivity contribution < 1.29 is 19.8 Å². The zero-order valence-electron chi connectivity index (χ0n) is 9.94. The van der Waals surface area contributed by atoms with Gasteiger partial charge in [-0.2, -0.15) is 0 Å². The fraction of sp³-hybridized carbons (Fsp3) is 0.333. The highest BCUT2D eigenvalue weighted by molar-refractivity contribution is 5.86. The molecule has 1 aromatic rings. The Morgan fingerprint density at radius 1 is 1.29 bits per heavy atom. The van der Waals surface area contributed by atoms with Crippen LogP contribution in [0.1, 0.15) is 35.4 Å². The Labute approximate surface area is 98.8 Å². The van der Waals surface area contributed by atoms with Crippen LogP contribution in [0.5, 0.6) is 0 Å². The minimum absolute atomic E-state index is 0.611. The van der Waals surface area contributed by atoms with Crippen LogP contribution in [0, 0.1) is 13.8 Å². The lowest BCUT2D eigenvalue weighted by atomic mass is 10.0. The summed E-state index contributed by atoms with van der Waals surface area (Å²) in [4.78, 5) is 24.4. The van der Waals surface area contributed by atoms with Crippen molar-refractivity contribution in [2.45, 2.75) is 26.7 Å². The van der Waals surface area contributed by atoms with E-state index in [0.717, 1.165) is 22.9 Å². The highest BCUT2D eigenvalue weighted by Crippen LogP contribution is 2.25. The van der Waals surface area contributed by atoms with Gasteiger partial charge in [0.05, 0.1) is 5.92 Å². The Bertz CT molecular complexity index is 485. The van der Waals surface area contributed by atoms with Gasteiger partial charge in [-0.1, -0.05) is 0 Å². The molecule has 5 heteroatoms. The minimum Gasteiger partial charge on any atom is -0.481 e. The predicted molar refractivity (Wildman–Crippen MR) is 63.0 cm³/mol. The summed E-state index contributed by atoms with van der Waals surface area (Å²) in [5.74, 6) is -2.58. The molecule has 0 spiro atoms. The number of hydrogen-bond acceptors (Lipinski definition) is 2. The number of aromatic amines is 1. The minimum atomic E-state index is -1.03. The molecule has 0 saturated heterocycles. The number of aromatic nitrogens is 1. The van der Waals surface area contributed by atoms with Gasteiger partial charge >= 0.3 is 11.9 Å². The summed E-state index contributed by atoms with van der Waals surface area (Å²) in [5.41, 5.74) is 2.88. The number of carboxylic acids is 2. The molecule has 1 aromatic heterocycles. The smallest absolute Gasteiger partial charge is 0.328 e. The Morgan fingerprint density at radius 2 is 1.88 bits per heavy atom. The van der Waals surface area contributed by atoms with Crippen LogP contribution in [0.2, 0.25) is 0 Å². The van der Waals surface area contributed by atoms with Crippen LogP contribution in [0.15, 0.2) is 6.08 Å². The molecule has 1 unspecified atom stereocenters. The standard InChI is InChI=1S/C12H15NO4/c1-6-9(4-5-10(14)15)8(3)13-11(6)7(2)12(16)17/h4-5,7,13H,1-3H3,(H,14,15)(H,16,17)/b5-4+. The van der Waals surface area contributed by atoms with Crippen molar-refractivity contribution in [3.8, 4) is 0 Å². The van der Waals surface area contributed by atoms with Gasteiger partial charge in [-0.05, 0) is 38.0 Å². The lowest BCUT2D eigenvalue weighted by Crippen LogP contribution is -2.09. The van der Waals surface area contributed by atoms with Gasteiger partial charge in [0.2, 0.25) is 0 Å². The van der Waals surface area contributed by atoms with Gasteiger partial charge in [0.15, 0.2) is 0 Å². The first-order chi connectivity index (χ1) is 7.84. The van der Waals surface area contributed by atoms with Crippen LogP contribution < -0.4 is 0 Å². The maximum Gasteiger partial charge on any atom is 0.328 e. The molecule has 0 bridgehead atoms. The van der Waals surface area contributed by atoms with Crippen molar-refractivity contribution >= 4 is 18.0 Å². The van der Waals surface area contributed by atoms with Gasteiger partial charge in [0.1, 0.15) is 0 Å². The van der Waals surface area contributed by atoms with E-state index in [2.05, 4.69) is 4.98 Å². The summed E-state index contributed by atoms with van der Waals surface area (Å²) in [6, 6.07) is 0. The quantitative estimate of drug-likeness (QED) is 0.698. The van der Waals surface area contributed by atoms with Crippen LogP contribution in [0.4, 0.5) is 0 Å². The molecular formula is C12H15NO4. The summed E-state index contributed by atoms with van der Waals surface area (Å²) in [5, 5.41) is 17.5. The number of H-pyrrole nitrogens is 1. The van der Waals surface area contributed by atoms with E-state index in [4.69, 9.17) is 10.2 Å². The molecule has 5 nitrogen and oxygen atoms in total. The average molecular weight is 237 g/mol. The fourth-order valence-corrected chi connectivity index (χ4v) is 1.75. The first kappa shape index (κ1) is 13.0. The van der Waals surface area contributed by atoms with Gasteiger partial charge in [-0.3, -0.25) is 4.79 Å². The van der Waals surface area contributed by atoms with Crippen LogP contribution in [-0.2, 0) is 9.59 Å². The Balaban J connectivity index is 3.18. The second kappa shape index (κ2) is 4.86. The predicted octanol–water partition coefficient (Wildman–Crippen LogP) is 1.92. The molecule has 0 aliphatic rings. The summed E-state index contributed by atoms with van der Waals surface area (Å²) in [6.45, 7) is 5.15. The fourth-order valence-electron chi connectivity index (χ4n) is 1.75. The second-order valence-electron chi connectivity index (χ2n) is 3.93. The molecule has 1 rings (SSSR count). The number of aryl methyl sites for hydroxylation is 1.